The number of rotatable bonds is 2. The molecule has 0 heterocycles. The number of allylic oxidation sites excluding steroid dienone is 3. The first-order chi connectivity index (χ1) is 4.09. The molecule has 0 saturated carbocycles. The van der Waals surface area contributed by atoms with Crippen molar-refractivity contribution < 1.29 is 0 Å². The van der Waals surface area contributed by atoms with E-state index < -0.39 is 0 Å². The predicted octanol–water partition coefficient (Wildman–Crippen LogP) is 3.31. The second-order valence-corrected chi connectivity index (χ2v) is 2.61. The zero-order valence-electron chi connectivity index (χ0n) is 6.91. The molecule has 0 aromatic rings. The zero-order valence-corrected chi connectivity index (χ0v) is 6.91. The standard InChI is InChI=1S/C9H16/c1-6-9(7(2)3)8(4)5/h2,6H2,1,3-5H3. The second-order valence-electron chi connectivity index (χ2n) is 2.61. The largest absolute Gasteiger partial charge is 0.0958 e. The van der Waals surface area contributed by atoms with Crippen molar-refractivity contribution in [3.05, 3.63) is 23.3 Å². The Kier molecular flexibility index (Phi) is 3.29. The molecule has 0 N–H and O–H groups in total. The van der Waals surface area contributed by atoms with Gasteiger partial charge in [-0.05, 0) is 32.8 Å². The SMILES string of the molecule is C=C(C)C(CC)=C(C)C. The molecule has 0 saturated heterocycles. The van der Waals surface area contributed by atoms with Crippen LogP contribution in [-0.2, 0) is 0 Å². The lowest BCUT2D eigenvalue weighted by molar-refractivity contribution is 1.06. The summed E-state index contributed by atoms with van der Waals surface area (Å²) >= 11 is 0. The minimum absolute atomic E-state index is 1.11. The monoisotopic (exact) mass is 124 g/mol. The van der Waals surface area contributed by atoms with Crippen LogP contribution >= 0.6 is 0 Å². The van der Waals surface area contributed by atoms with Gasteiger partial charge in [-0.2, -0.15) is 0 Å². The molecule has 0 fully saturated rings. The highest BCUT2D eigenvalue weighted by molar-refractivity contribution is 5.29. The predicted molar refractivity (Wildman–Crippen MR) is 43.5 cm³/mol. The van der Waals surface area contributed by atoms with E-state index in [1.54, 1.807) is 0 Å². The Morgan fingerprint density at radius 1 is 1.22 bits per heavy atom. The smallest absolute Gasteiger partial charge is 0.0306 e. The lowest BCUT2D eigenvalue weighted by atomic mass is 10.0. The first-order valence-electron chi connectivity index (χ1n) is 3.41. The summed E-state index contributed by atoms with van der Waals surface area (Å²) in [5.74, 6) is 0. The third kappa shape index (κ3) is 2.50. The summed E-state index contributed by atoms with van der Waals surface area (Å²) in [5.41, 5.74) is 4.01. The summed E-state index contributed by atoms with van der Waals surface area (Å²) in [5, 5.41) is 0. The molecule has 0 radical (unpaired) electrons. The van der Waals surface area contributed by atoms with E-state index in [2.05, 4.69) is 34.3 Å². The van der Waals surface area contributed by atoms with Gasteiger partial charge in [0.2, 0.25) is 0 Å². The van der Waals surface area contributed by atoms with E-state index in [9.17, 15) is 0 Å². The summed E-state index contributed by atoms with van der Waals surface area (Å²) in [7, 11) is 0. The maximum Gasteiger partial charge on any atom is -0.0306 e. The van der Waals surface area contributed by atoms with E-state index >= 15 is 0 Å². The summed E-state index contributed by atoms with van der Waals surface area (Å²) in [6, 6.07) is 0. The molecule has 0 spiro atoms. The molecule has 0 rings (SSSR count). The van der Waals surface area contributed by atoms with Crippen molar-refractivity contribution in [3.8, 4) is 0 Å². The van der Waals surface area contributed by atoms with Crippen molar-refractivity contribution in [3.63, 3.8) is 0 Å². The zero-order chi connectivity index (χ0) is 7.44. The van der Waals surface area contributed by atoms with Gasteiger partial charge >= 0.3 is 0 Å². The molecule has 0 bridgehead atoms. The quantitative estimate of drug-likeness (QED) is 0.495. The number of hydrogen-bond donors (Lipinski definition) is 0. The van der Waals surface area contributed by atoms with Gasteiger partial charge < -0.3 is 0 Å². The molecule has 0 aliphatic carbocycles. The van der Waals surface area contributed by atoms with Gasteiger partial charge in [-0.25, -0.2) is 0 Å². The van der Waals surface area contributed by atoms with Crippen molar-refractivity contribution >= 4 is 0 Å². The normalized spacial score (nSPS) is 8.89. The van der Waals surface area contributed by atoms with Crippen LogP contribution in [0.1, 0.15) is 34.1 Å². The molecule has 0 nitrogen and oxygen atoms in total. The molecule has 0 atom stereocenters. The van der Waals surface area contributed by atoms with Gasteiger partial charge in [0.15, 0.2) is 0 Å². The Hall–Kier alpha value is -0.520. The Morgan fingerprint density at radius 3 is 1.67 bits per heavy atom. The first kappa shape index (κ1) is 8.48. The van der Waals surface area contributed by atoms with E-state index in [-0.39, 0.29) is 0 Å². The molecule has 0 unspecified atom stereocenters. The minimum Gasteiger partial charge on any atom is -0.0958 e. The molecule has 52 valence electrons. The summed E-state index contributed by atoms with van der Waals surface area (Å²) in [4.78, 5) is 0. The van der Waals surface area contributed by atoms with Gasteiger partial charge in [0.05, 0.1) is 0 Å². The fourth-order valence-electron chi connectivity index (χ4n) is 1.08. The third-order valence-corrected chi connectivity index (χ3v) is 1.47. The van der Waals surface area contributed by atoms with Crippen LogP contribution in [-0.4, -0.2) is 0 Å². The van der Waals surface area contributed by atoms with Crippen LogP contribution in [0.2, 0.25) is 0 Å². The Labute approximate surface area is 58.3 Å². The lowest BCUT2D eigenvalue weighted by Gasteiger charge is -2.04. The van der Waals surface area contributed by atoms with Crippen LogP contribution in [0.3, 0.4) is 0 Å². The van der Waals surface area contributed by atoms with E-state index in [1.165, 1.54) is 16.7 Å². The van der Waals surface area contributed by atoms with Crippen LogP contribution in [0.5, 0.6) is 0 Å². The van der Waals surface area contributed by atoms with E-state index in [4.69, 9.17) is 0 Å². The molecule has 0 aliphatic rings. The maximum atomic E-state index is 3.89. The average Bonchev–Trinajstić information content (AvgIpc) is 1.64. The van der Waals surface area contributed by atoms with Crippen molar-refractivity contribution in [1.82, 2.24) is 0 Å². The van der Waals surface area contributed by atoms with Crippen LogP contribution in [0.25, 0.3) is 0 Å². The highest BCUT2D eigenvalue weighted by atomic mass is 14.0. The van der Waals surface area contributed by atoms with Gasteiger partial charge in [-0.3, -0.25) is 0 Å². The van der Waals surface area contributed by atoms with Gasteiger partial charge in [0, 0.05) is 0 Å². The van der Waals surface area contributed by atoms with Gasteiger partial charge in [0.25, 0.3) is 0 Å². The van der Waals surface area contributed by atoms with Gasteiger partial charge in [-0.15, -0.1) is 0 Å². The van der Waals surface area contributed by atoms with Gasteiger partial charge in [0.1, 0.15) is 0 Å². The van der Waals surface area contributed by atoms with Crippen molar-refractivity contribution in [2.24, 2.45) is 0 Å². The van der Waals surface area contributed by atoms with Crippen LogP contribution in [0.4, 0.5) is 0 Å². The fourth-order valence-corrected chi connectivity index (χ4v) is 1.08. The maximum absolute atomic E-state index is 3.89. The Bertz CT molecular complexity index is 134. The fraction of sp³-hybridized carbons (Fsp3) is 0.556. The molecule has 9 heavy (non-hydrogen) atoms. The molecule has 0 aromatic carbocycles. The Balaban J connectivity index is 4.35. The van der Waals surface area contributed by atoms with E-state index in [0.717, 1.165) is 6.42 Å². The highest BCUT2D eigenvalue weighted by Crippen LogP contribution is 2.15. The summed E-state index contributed by atoms with van der Waals surface area (Å²) < 4.78 is 0. The summed E-state index contributed by atoms with van der Waals surface area (Å²) in [6.07, 6.45) is 1.11. The molecule has 0 heteroatoms. The Morgan fingerprint density at radius 2 is 1.67 bits per heavy atom. The number of hydrogen-bond acceptors (Lipinski definition) is 0. The molecular formula is C9H16. The van der Waals surface area contributed by atoms with Crippen LogP contribution in [0, 0.1) is 0 Å². The average molecular weight is 124 g/mol. The molecule has 0 aliphatic heterocycles. The first-order valence-corrected chi connectivity index (χ1v) is 3.41. The highest BCUT2D eigenvalue weighted by Gasteiger charge is 1.94. The molecular weight excluding hydrogens is 108 g/mol. The minimum atomic E-state index is 1.11. The molecule has 0 amide bonds. The second kappa shape index (κ2) is 3.49. The van der Waals surface area contributed by atoms with Gasteiger partial charge in [-0.1, -0.05) is 24.6 Å². The van der Waals surface area contributed by atoms with Crippen molar-refractivity contribution in [2.75, 3.05) is 0 Å². The molecule has 0 aromatic heterocycles. The topological polar surface area (TPSA) is 0 Å². The lowest BCUT2D eigenvalue weighted by Crippen LogP contribution is -1.84. The van der Waals surface area contributed by atoms with Crippen molar-refractivity contribution in [1.29, 1.82) is 0 Å². The third-order valence-electron chi connectivity index (χ3n) is 1.47. The van der Waals surface area contributed by atoms with Crippen LogP contribution in [0.15, 0.2) is 23.3 Å². The van der Waals surface area contributed by atoms with E-state index in [1.807, 2.05) is 0 Å². The van der Waals surface area contributed by atoms with E-state index in [0.29, 0.717) is 0 Å². The van der Waals surface area contributed by atoms with Crippen LogP contribution < -0.4 is 0 Å². The van der Waals surface area contributed by atoms with Crippen molar-refractivity contribution in [2.45, 2.75) is 34.1 Å². The summed E-state index contributed by atoms with van der Waals surface area (Å²) in [6.45, 7) is 12.4.